The number of carbonyl (C=O) groups is 1. The molecule has 14 heavy (non-hydrogen) atoms. The summed E-state index contributed by atoms with van der Waals surface area (Å²) in [6.07, 6.45) is 2.03. The molecular formula is C8H15N3O2S. The van der Waals surface area contributed by atoms with Crippen molar-refractivity contribution in [3.05, 3.63) is 12.0 Å². The molecule has 1 aromatic heterocycles. The second kappa shape index (κ2) is 6.44. The van der Waals surface area contributed by atoms with E-state index in [9.17, 15) is 9.90 Å². The van der Waals surface area contributed by atoms with Gasteiger partial charge in [-0.3, -0.25) is 0 Å². The Morgan fingerprint density at radius 3 is 2.64 bits per heavy atom. The second-order valence-electron chi connectivity index (χ2n) is 2.50. The first-order valence-corrected chi connectivity index (χ1v) is 4.65. The van der Waals surface area contributed by atoms with Crippen molar-refractivity contribution >= 4 is 18.6 Å². The van der Waals surface area contributed by atoms with Gasteiger partial charge in [0.05, 0.1) is 19.1 Å². The quantitative estimate of drug-likeness (QED) is 0.589. The zero-order valence-corrected chi connectivity index (χ0v) is 9.25. The average molecular weight is 217 g/mol. The van der Waals surface area contributed by atoms with Gasteiger partial charge in [0.2, 0.25) is 0 Å². The molecule has 0 aliphatic carbocycles. The van der Waals surface area contributed by atoms with Crippen LogP contribution in [0.25, 0.3) is 0 Å². The van der Waals surface area contributed by atoms with Crippen LogP contribution in [0, 0.1) is 0 Å². The first-order chi connectivity index (χ1) is 6.61. The lowest BCUT2D eigenvalue weighted by Crippen LogP contribution is -2.40. The summed E-state index contributed by atoms with van der Waals surface area (Å²) >= 11 is 4.08. The molecule has 0 bridgehead atoms. The van der Waals surface area contributed by atoms with Crippen molar-refractivity contribution in [1.29, 1.82) is 0 Å². The van der Waals surface area contributed by atoms with Gasteiger partial charge in [0.25, 0.3) is 0 Å². The number of aromatic nitrogens is 2. The van der Waals surface area contributed by atoms with E-state index in [1.54, 1.807) is 25.0 Å². The molecule has 0 aliphatic rings. The van der Waals surface area contributed by atoms with Crippen molar-refractivity contribution in [2.75, 3.05) is 7.05 Å². The Labute approximate surface area is 88.4 Å². The molecule has 0 fully saturated rings. The average Bonchev–Trinajstić information content (AvgIpc) is 2.47. The summed E-state index contributed by atoms with van der Waals surface area (Å²) in [7, 11) is 3.55. The van der Waals surface area contributed by atoms with Gasteiger partial charge in [-0.15, -0.1) is 12.6 Å². The number of thiol groups is 1. The van der Waals surface area contributed by atoms with Crippen LogP contribution in [0.4, 0.5) is 0 Å². The van der Waals surface area contributed by atoms with Crippen molar-refractivity contribution < 1.29 is 15.6 Å². The maximum Gasteiger partial charge on any atom is 0.114 e. The molecule has 0 atom stereocenters. The van der Waals surface area contributed by atoms with E-state index < -0.39 is 5.97 Å². The highest BCUT2D eigenvalue weighted by atomic mass is 32.1. The molecule has 0 radical (unpaired) electrons. The summed E-state index contributed by atoms with van der Waals surface area (Å²) in [4.78, 5) is 14.1. The van der Waals surface area contributed by atoms with Crippen LogP contribution in [-0.2, 0) is 18.3 Å². The van der Waals surface area contributed by atoms with Gasteiger partial charge in [-0.25, -0.2) is 4.98 Å². The standard InChI is InChI=1S/C7H10N2O2S.CH5N/c1-9-4-8-7(12)5(9)2-3-6(10)11;1-2/h4,12H,2-3H2,1H3,(H,10,11);2H2,1H3. The van der Waals surface area contributed by atoms with E-state index in [4.69, 9.17) is 0 Å². The Hall–Kier alpha value is -1.01. The summed E-state index contributed by atoms with van der Waals surface area (Å²) in [5, 5.41) is 10.7. The van der Waals surface area contributed by atoms with Crippen LogP contribution in [-0.4, -0.2) is 22.6 Å². The maximum absolute atomic E-state index is 10.2. The minimum Gasteiger partial charge on any atom is -0.550 e. The SMILES string of the molecule is C[NH3+].Cn1cnc(S)c1CCC(=O)[O-]. The number of nitrogens with zero attached hydrogens (tertiary/aromatic N) is 2. The van der Waals surface area contributed by atoms with Crippen molar-refractivity contribution in [2.24, 2.45) is 7.05 Å². The number of hydrogen-bond acceptors (Lipinski definition) is 4. The van der Waals surface area contributed by atoms with E-state index in [0.29, 0.717) is 11.4 Å². The molecule has 0 saturated heterocycles. The topological polar surface area (TPSA) is 85.6 Å². The van der Waals surface area contributed by atoms with E-state index in [1.165, 1.54) is 0 Å². The Bertz CT molecular complexity index is 279. The molecule has 0 saturated carbocycles. The number of carbonyl (C=O) groups excluding carboxylic acids is 1. The molecule has 6 heteroatoms. The number of carboxylic acid groups (broad SMARTS) is 1. The van der Waals surface area contributed by atoms with Crippen LogP contribution in [0.1, 0.15) is 12.1 Å². The van der Waals surface area contributed by atoms with Gasteiger partial charge < -0.3 is 20.2 Å². The van der Waals surface area contributed by atoms with Crippen LogP contribution in [0.15, 0.2) is 11.4 Å². The molecule has 3 N–H and O–H groups in total. The summed E-state index contributed by atoms with van der Waals surface area (Å²) < 4.78 is 1.76. The van der Waals surface area contributed by atoms with Gasteiger partial charge in [0, 0.05) is 13.0 Å². The first-order valence-electron chi connectivity index (χ1n) is 4.21. The first kappa shape index (κ1) is 13.0. The van der Waals surface area contributed by atoms with Crippen LogP contribution in [0.3, 0.4) is 0 Å². The van der Waals surface area contributed by atoms with Gasteiger partial charge in [0.1, 0.15) is 5.03 Å². The van der Waals surface area contributed by atoms with Crippen molar-refractivity contribution in [1.82, 2.24) is 9.55 Å². The Morgan fingerprint density at radius 1 is 1.71 bits per heavy atom. The molecular weight excluding hydrogens is 202 g/mol. The molecule has 0 amide bonds. The zero-order chi connectivity index (χ0) is 11.1. The van der Waals surface area contributed by atoms with Crippen LogP contribution in [0.5, 0.6) is 0 Å². The lowest BCUT2D eigenvalue weighted by atomic mass is 10.2. The third-order valence-corrected chi connectivity index (χ3v) is 1.98. The molecule has 1 rings (SSSR count). The van der Waals surface area contributed by atoms with Gasteiger partial charge in [-0.05, 0) is 12.8 Å². The van der Waals surface area contributed by atoms with Crippen LogP contribution < -0.4 is 10.8 Å². The molecule has 1 heterocycles. The number of carboxylic acids is 1. The van der Waals surface area contributed by atoms with Crippen molar-refractivity contribution in [2.45, 2.75) is 17.9 Å². The number of imidazole rings is 1. The van der Waals surface area contributed by atoms with E-state index in [1.807, 2.05) is 0 Å². The molecule has 1 aromatic rings. The smallest absolute Gasteiger partial charge is 0.114 e. The van der Waals surface area contributed by atoms with Crippen molar-refractivity contribution in [3.63, 3.8) is 0 Å². The monoisotopic (exact) mass is 217 g/mol. The van der Waals surface area contributed by atoms with E-state index >= 15 is 0 Å². The fraction of sp³-hybridized carbons (Fsp3) is 0.500. The summed E-state index contributed by atoms with van der Waals surface area (Å²) in [5.74, 6) is -1.05. The van der Waals surface area contributed by atoms with Gasteiger partial charge in [-0.2, -0.15) is 0 Å². The summed E-state index contributed by atoms with van der Waals surface area (Å²) in [6.45, 7) is 0. The maximum atomic E-state index is 10.2. The Morgan fingerprint density at radius 2 is 2.29 bits per heavy atom. The lowest BCUT2D eigenvalue weighted by molar-refractivity contribution is -0.325. The van der Waals surface area contributed by atoms with E-state index in [0.717, 1.165) is 5.69 Å². The number of rotatable bonds is 3. The number of aryl methyl sites for hydroxylation is 1. The fourth-order valence-electron chi connectivity index (χ4n) is 0.952. The fourth-order valence-corrected chi connectivity index (χ4v) is 1.27. The predicted molar refractivity (Wildman–Crippen MR) is 52.6 cm³/mol. The van der Waals surface area contributed by atoms with Crippen LogP contribution in [0.2, 0.25) is 0 Å². The van der Waals surface area contributed by atoms with E-state index in [-0.39, 0.29) is 6.42 Å². The van der Waals surface area contributed by atoms with Crippen LogP contribution >= 0.6 is 12.6 Å². The summed E-state index contributed by atoms with van der Waals surface area (Å²) in [6, 6.07) is 0. The van der Waals surface area contributed by atoms with Gasteiger partial charge >= 0.3 is 0 Å². The summed E-state index contributed by atoms with van der Waals surface area (Å²) in [5.41, 5.74) is 4.07. The molecule has 0 spiro atoms. The van der Waals surface area contributed by atoms with Crippen molar-refractivity contribution in [3.8, 4) is 0 Å². The largest absolute Gasteiger partial charge is 0.550 e. The molecule has 5 nitrogen and oxygen atoms in total. The Kier molecular flexibility index (Phi) is 5.98. The third-order valence-electron chi connectivity index (χ3n) is 1.60. The normalized spacial score (nSPS) is 9.14. The third kappa shape index (κ3) is 3.80. The Balaban J connectivity index is 0.000000791. The minimum absolute atomic E-state index is 0.00704. The highest BCUT2D eigenvalue weighted by Gasteiger charge is 2.04. The zero-order valence-electron chi connectivity index (χ0n) is 8.36. The lowest BCUT2D eigenvalue weighted by Gasteiger charge is -2.03. The number of quaternary nitrogens is 1. The molecule has 0 aromatic carbocycles. The minimum atomic E-state index is -1.05. The second-order valence-corrected chi connectivity index (χ2v) is 2.92. The highest BCUT2D eigenvalue weighted by Crippen LogP contribution is 2.11. The molecule has 0 unspecified atom stereocenters. The highest BCUT2D eigenvalue weighted by molar-refractivity contribution is 7.80. The molecule has 80 valence electrons. The van der Waals surface area contributed by atoms with Gasteiger partial charge in [0.15, 0.2) is 0 Å². The molecule has 0 aliphatic heterocycles. The predicted octanol–water partition coefficient (Wildman–Crippen LogP) is -1.75. The number of aliphatic carboxylic acids is 1. The number of hydrogen-bond donors (Lipinski definition) is 2. The van der Waals surface area contributed by atoms with E-state index in [2.05, 4.69) is 23.3 Å². The van der Waals surface area contributed by atoms with Gasteiger partial charge in [-0.1, -0.05) is 0 Å².